The monoisotopic (exact) mass is 222 g/mol. The summed E-state index contributed by atoms with van der Waals surface area (Å²) >= 11 is 0. The SMILES string of the molecule is CCC(CC)Nc1ccc(C)c([N+](=O)[O-])c1. The Kier molecular flexibility index (Phi) is 4.28. The van der Waals surface area contributed by atoms with Gasteiger partial charge in [-0.2, -0.15) is 0 Å². The molecule has 88 valence electrons. The normalized spacial score (nSPS) is 10.5. The topological polar surface area (TPSA) is 55.2 Å². The Morgan fingerprint density at radius 1 is 1.38 bits per heavy atom. The van der Waals surface area contributed by atoms with Crippen LogP contribution in [0.2, 0.25) is 0 Å². The highest BCUT2D eigenvalue weighted by molar-refractivity contribution is 5.55. The first kappa shape index (κ1) is 12.5. The number of hydrogen-bond donors (Lipinski definition) is 1. The fourth-order valence-electron chi connectivity index (χ4n) is 1.62. The largest absolute Gasteiger partial charge is 0.382 e. The number of aryl methyl sites for hydroxylation is 1. The Labute approximate surface area is 95.8 Å². The first-order valence-electron chi connectivity index (χ1n) is 5.60. The molecule has 0 saturated carbocycles. The van der Waals surface area contributed by atoms with E-state index < -0.39 is 0 Å². The predicted molar refractivity (Wildman–Crippen MR) is 65.8 cm³/mol. The van der Waals surface area contributed by atoms with Crippen molar-refractivity contribution in [2.75, 3.05) is 5.32 Å². The van der Waals surface area contributed by atoms with Crippen LogP contribution in [-0.2, 0) is 0 Å². The molecule has 0 aliphatic rings. The van der Waals surface area contributed by atoms with E-state index in [1.807, 2.05) is 6.07 Å². The van der Waals surface area contributed by atoms with Gasteiger partial charge in [-0.3, -0.25) is 10.1 Å². The van der Waals surface area contributed by atoms with E-state index in [9.17, 15) is 10.1 Å². The zero-order chi connectivity index (χ0) is 12.1. The van der Waals surface area contributed by atoms with E-state index in [2.05, 4.69) is 19.2 Å². The number of nitro benzene ring substituents is 1. The van der Waals surface area contributed by atoms with Crippen LogP contribution < -0.4 is 5.32 Å². The molecule has 0 spiro atoms. The van der Waals surface area contributed by atoms with Gasteiger partial charge in [-0.25, -0.2) is 0 Å². The third-order valence-electron chi connectivity index (χ3n) is 2.76. The van der Waals surface area contributed by atoms with Crippen molar-refractivity contribution in [1.29, 1.82) is 0 Å². The maximum absolute atomic E-state index is 10.8. The Morgan fingerprint density at radius 2 is 2.00 bits per heavy atom. The molecule has 0 aliphatic carbocycles. The molecule has 1 aromatic rings. The summed E-state index contributed by atoms with van der Waals surface area (Å²) < 4.78 is 0. The van der Waals surface area contributed by atoms with E-state index in [4.69, 9.17) is 0 Å². The molecular formula is C12H18N2O2. The first-order valence-corrected chi connectivity index (χ1v) is 5.60. The molecule has 0 unspecified atom stereocenters. The van der Waals surface area contributed by atoms with Gasteiger partial charge in [0.05, 0.1) is 4.92 Å². The van der Waals surface area contributed by atoms with E-state index in [1.54, 1.807) is 19.1 Å². The summed E-state index contributed by atoms with van der Waals surface area (Å²) in [4.78, 5) is 10.4. The van der Waals surface area contributed by atoms with Crippen molar-refractivity contribution < 1.29 is 4.92 Å². The van der Waals surface area contributed by atoms with Crippen molar-refractivity contribution in [2.24, 2.45) is 0 Å². The van der Waals surface area contributed by atoms with E-state index in [1.165, 1.54) is 0 Å². The summed E-state index contributed by atoms with van der Waals surface area (Å²) in [5.41, 5.74) is 1.70. The summed E-state index contributed by atoms with van der Waals surface area (Å²) in [5, 5.41) is 14.1. The van der Waals surface area contributed by atoms with Gasteiger partial charge in [0.15, 0.2) is 0 Å². The lowest BCUT2D eigenvalue weighted by atomic mass is 10.1. The predicted octanol–water partition coefficient (Wildman–Crippen LogP) is 3.50. The molecule has 16 heavy (non-hydrogen) atoms. The van der Waals surface area contributed by atoms with Crippen LogP contribution in [-0.4, -0.2) is 11.0 Å². The second kappa shape index (κ2) is 5.49. The second-order valence-corrected chi connectivity index (χ2v) is 3.92. The molecule has 0 bridgehead atoms. The fourth-order valence-corrected chi connectivity index (χ4v) is 1.62. The molecule has 0 aromatic heterocycles. The highest BCUT2D eigenvalue weighted by Crippen LogP contribution is 2.23. The van der Waals surface area contributed by atoms with Crippen molar-refractivity contribution in [3.05, 3.63) is 33.9 Å². The number of benzene rings is 1. The summed E-state index contributed by atoms with van der Waals surface area (Å²) in [6.07, 6.45) is 2.02. The molecule has 0 amide bonds. The highest BCUT2D eigenvalue weighted by atomic mass is 16.6. The van der Waals surface area contributed by atoms with Gasteiger partial charge in [0, 0.05) is 23.4 Å². The molecule has 4 nitrogen and oxygen atoms in total. The van der Waals surface area contributed by atoms with Gasteiger partial charge >= 0.3 is 0 Å². The Hall–Kier alpha value is -1.58. The maximum atomic E-state index is 10.8. The molecule has 1 aromatic carbocycles. The van der Waals surface area contributed by atoms with Crippen LogP contribution in [0.15, 0.2) is 18.2 Å². The van der Waals surface area contributed by atoms with E-state index in [-0.39, 0.29) is 10.6 Å². The lowest BCUT2D eigenvalue weighted by Gasteiger charge is -2.16. The van der Waals surface area contributed by atoms with Crippen LogP contribution in [0.3, 0.4) is 0 Å². The third kappa shape index (κ3) is 2.95. The Bertz CT molecular complexity index is 373. The van der Waals surface area contributed by atoms with Crippen LogP contribution in [0.4, 0.5) is 11.4 Å². The van der Waals surface area contributed by atoms with Gasteiger partial charge in [-0.05, 0) is 25.8 Å². The quantitative estimate of drug-likeness (QED) is 0.612. The number of hydrogen-bond acceptors (Lipinski definition) is 3. The van der Waals surface area contributed by atoms with Gasteiger partial charge < -0.3 is 5.32 Å². The fraction of sp³-hybridized carbons (Fsp3) is 0.500. The number of rotatable bonds is 5. The van der Waals surface area contributed by atoms with E-state index in [0.717, 1.165) is 18.5 Å². The molecule has 0 atom stereocenters. The molecule has 0 saturated heterocycles. The minimum absolute atomic E-state index is 0.177. The van der Waals surface area contributed by atoms with Crippen molar-refractivity contribution in [3.8, 4) is 0 Å². The smallest absolute Gasteiger partial charge is 0.274 e. The second-order valence-electron chi connectivity index (χ2n) is 3.92. The van der Waals surface area contributed by atoms with Crippen LogP contribution in [0.25, 0.3) is 0 Å². The average molecular weight is 222 g/mol. The Morgan fingerprint density at radius 3 is 2.50 bits per heavy atom. The lowest BCUT2D eigenvalue weighted by molar-refractivity contribution is -0.385. The minimum atomic E-state index is -0.340. The van der Waals surface area contributed by atoms with Gasteiger partial charge in [-0.1, -0.05) is 19.9 Å². The number of nitro groups is 1. The van der Waals surface area contributed by atoms with Crippen LogP contribution in [0.1, 0.15) is 32.3 Å². The van der Waals surface area contributed by atoms with Crippen LogP contribution in [0, 0.1) is 17.0 Å². The van der Waals surface area contributed by atoms with Crippen molar-refractivity contribution >= 4 is 11.4 Å². The number of nitrogens with one attached hydrogen (secondary N) is 1. The Balaban J connectivity index is 2.90. The molecule has 0 heterocycles. The lowest BCUT2D eigenvalue weighted by Crippen LogP contribution is -2.16. The van der Waals surface area contributed by atoms with Crippen molar-refractivity contribution in [3.63, 3.8) is 0 Å². The number of nitrogens with zero attached hydrogens (tertiary/aromatic N) is 1. The molecule has 0 aliphatic heterocycles. The average Bonchev–Trinajstić information content (AvgIpc) is 2.27. The standard InChI is InChI=1S/C12H18N2O2/c1-4-10(5-2)13-11-7-6-9(3)12(8-11)14(15)16/h6-8,10,13H,4-5H2,1-3H3. The first-order chi connectivity index (χ1) is 7.58. The van der Waals surface area contributed by atoms with Gasteiger partial charge in [0.1, 0.15) is 0 Å². The van der Waals surface area contributed by atoms with E-state index >= 15 is 0 Å². The molecule has 1 N–H and O–H groups in total. The molecule has 0 fully saturated rings. The zero-order valence-corrected chi connectivity index (χ0v) is 9.99. The molecular weight excluding hydrogens is 204 g/mol. The van der Waals surface area contributed by atoms with E-state index in [0.29, 0.717) is 11.6 Å². The minimum Gasteiger partial charge on any atom is -0.382 e. The highest BCUT2D eigenvalue weighted by Gasteiger charge is 2.12. The third-order valence-corrected chi connectivity index (χ3v) is 2.76. The summed E-state index contributed by atoms with van der Waals surface area (Å²) in [6.45, 7) is 5.95. The summed E-state index contributed by atoms with van der Waals surface area (Å²) in [6, 6.07) is 5.65. The van der Waals surface area contributed by atoms with Crippen molar-refractivity contribution in [1.82, 2.24) is 0 Å². The molecule has 0 radical (unpaired) electrons. The maximum Gasteiger partial charge on any atom is 0.274 e. The zero-order valence-electron chi connectivity index (χ0n) is 9.99. The molecule has 1 rings (SSSR count). The number of anilines is 1. The van der Waals surface area contributed by atoms with Crippen molar-refractivity contribution in [2.45, 2.75) is 39.7 Å². The summed E-state index contributed by atoms with van der Waals surface area (Å²) in [7, 11) is 0. The van der Waals surface area contributed by atoms with Gasteiger partial charge in [0.25, 0.3) is 5.69 Å². The molecule has 4 heteroatoms. The summed E-state index contributed by atoms with van der Waals surface area (Å²) in [5.74, 6) is 0. The van der Waals surface area contributed by atoms with Gasteiger partial charge in [-0.15, -0.1) is 0 Å². The van der Waals surface area contributed by atoms with Crippen LogP contribution in [0.5, 0.6) is 0 Å². The van der Waals surface area contributed by atoms with Crippen LogP contribution >= 0.6 is 0 Å². The van der Waals surface area contributed by atoms with Gasteiger partial charge in [0.2, 0.25) is 0 Å².